The Bertz CT molecular complexity index is 727. The molecule has 5 nitrogen and oxygen atoms in total. The Balaban J connectivity index is 2.22. The fourth-order valence-electron chi connectivity index (χ4n) is 1.86. The fraction of sp³-hybridized carbons (Fsp3) is 0.214. The number of hydrogen-bond donors (Lipinski definition) is 2. The normalized spacial score (nSPS) is 11.5. The number of hydrogen-bond acceptors (Lipinski definition) is 4. The minimum Gasteiger partial charge on any atom is -0.398 e. The molecule has 0 atom stereocenters. The SMILES string of the molecule is Cc1ccc(S(=O)(=O)NCc2ncccc2C)c(N)c1. The third-order valence-electron chi connectivity index (χ3n) is 3.00. The van der Waals surface area contributed by atoms with E-state index in [9.17, 15) is 8.42 Å². The molecular formula is C14H17N3O2S. The number of nitrogens with one attached hydrogen (secondary N) is 1. The largest absolute Gasteiger partial charge is 0.398 e. The summed E-state index contributed by atoms with van der Waals surface area (Å²) in [6, 6.07) is 8.57. The van der Waals surface area contributed by atoms with E-state index in [1.807, 2.05) is 26.0 Å². The lowest BCUT2D eigenvalue weighted by Crippen LogP contribution is -2.25. The number of nitrogens with two attached hydrogens (primary N) is 1. The molecule has 1 aromatic heterocycles. The Morgan fingerprint density at radius 3 is 2.65 bits per heavy atom. The molecule has 0 aliphatic heterocycles. The van der Waals surface area contributed by atoms with Crippen molar-refractivity contribution >= 4 is 15.7 Å². The third kappa shape index (κ3) is 3.15. The summed E-state index contributed by atoms with van der Waals surface area (Å²) >= 11 is 0. The lowest BCUT2D eigenvalue weighted by atomic mass is 10.2. The minimum absolute atomic E-state index is 0.0942. The van der Waals surface area contributed by atoms with Crippen molar-refractivity contribution in [3.63, 3.8) is 0 Å². The lowest BCUT2D eigenvalue weighted by Gasteiger charge is -2.10. The van der Waals surface area contributed by atoms with Gasteiger partial charge in [-0.25, -0.2) is 13.1 Å². The topological polar surface area (TPSA) is 85.1 Å². The molecule has 0 saturated heterocycles. The van der Waals surface area contributed by atoms with Gasteiger partial charge in [0.2, 0.25) is 10.0 Å². The molecule has 0 unspecified atom stereocenters. The average molecular weight is 291 g/mol. The van der Waals surface area contributed by atoms with Gasteiger partial charge in [-0.2, -0.15) is 0 Å². The van der Waals surface area contributed by atoms with Crippen LogP contribution < -0.4 is 10.5 Å². The van der Waals surface area contributed by atoms with Crippen LogP contribution in [0.1, 0.15) is 16.8 Å². The summed E-state index contributed by atoms with van der Waals surface area (Å²) in [5.41, 5.74) is 8.57. The van der Waals surface area contributed by atoms with Crippen molar-refractivity contribution in [2.45, 2.75) is 25.3 Å². The van der Waals surface area contributed by atoms with Crippen LogP contribution in [0.15, 0.2) is 41.4 Å². The van der Waals surface area contributed by atoms with Crippen LogP contribution in [0.4, 0.5) is 5.69 Å². The Morgan fingerprint density at radius 1 is 1.25 bits per heavy atom. The number of nitrogen functional groups attached to an aromatic ring is 1. The fourth-order valence-corrected chi connectivity index (χ4v) is 2.96. The summed E-state index contributed by atoms with van der Waals surface area (Å²) in [6.45, 7) is 3.89. The van der Waals surface area contributed by atoms with E-state index in [-0.39, 0.29) is 17.1 Å². The van der Waals surface area contributed by atoms with Crippen LogP contribution in [0, 0.1) is 13.8 Å². The van der Waals surface area contributed by atoms with Crippen molar-refractivity contribution in [2.24, 2.45) is 0 Å². The summed E-state index contributed by atoms with van der Waals surface area (Å²) in [5, 5.41) is 0. The second-order valence-corrected chi connectivity index (χ2v) is 6.37. The maximum absolute atomic E-state index is 12.2. The van der Waals surface area contributed by atoms with Crippen molar-refractivity contribution in [1.29, 1.82) is 0 Å². The van der Waals surface area contributed by atoms with Gasteiger partial charge in [0.25, 0.3) is 0 Å². The van der Waals surface area contributed by atoms with Crippen molar-refractivity contribution in [3.05, 3.63) is 53.3 Å². The van der Waals surface area contributed by atoms with Crippen molar-refractivity contribution in [1.82, 2.24) is 9.71 Å². The highest BCUT2D eigenvalue weighted by molar-refractivity contribution is 7.89. The van der Waals surface area contributed by atoms with Gasteiger partial charge in [-0.1, -0.05) is 12.1 Å². The van der Waals surface area contributed by atoms with E-state index in [0.29, 0.717) is 5.69 Å². The van der Waals surface area contributed by atoms with Crippen molar-refractivity contribution in [2.75, 3.05) is 5.73 Å². The number of nitrogens with zero attached hydrogens (tertiary/aromatic N) is 1. The Hall–Kier alpha value is -1.92. The molecule has 0 amide bonds. The number of anilines is 1. The highest BCUT2D eigenvalue weighted by Gasteiger charge is 2.17. The third-order valence-corrected chi connectivity index (χ3v) is 4.48. The molecule has 0 radical (unpaired) electrons. The maximum Gasteiger partial charge on any atom is 0.242 e. The van der Waals surface area contributed by atoms with Crippen LogP contribution in [0.5, 0.6) is 0 Å². The predicted molar refractivity (Wildman–Crippen MR) is 78.6 cm³/mol. The van der Waals surface area contributed by atoms with Gasteiger partial charge in [-0.3, -0.25) is 4.98 Å². The molecule has 1 aromatic carbocycles. The summed E-state index contributed by atoms with van der Waals surface area (Å²) < 4.78 is 27.0. The monoisotopic (exact) mass is 291 g/mol. The summed E-state index contributed by atoms with van der Waals surface area (Å²) in [4.78, 5) is 4.25. The van der Waals surface area contributed by atoms with Crippen molar-refractivity contribution in [3.8, 4) is 0 Å². The van der Waals surface area contributed by atoms with E-state index in [4.69, 9.17) is 5.73 Å². The van der Waals surface area contributed by atoms with Gasteiger partial charge in [0.05, 0.1) is 17.9 Å². The Labute approximate surface area is 118 Å². The first-order valence-electron chi connectivity index (χ1n) is 6.16. The van der Waals surface area contributed by atoms with Gasteiger partial charge in [0.15, 0.2) is 0 Å². The number of sulfonamides is 1. The van der Waals surface area contributed by atoms with Gasteiger partial charge < -0.3 is 5.73 Å². The molecule has 0 bridgehead atoms. The number of aryl methyl sites for hydroxylation is 2. The van der Waals surface area contributed by atoms with E-state index in [2.05, 4.69) is 9.71 Å². The second kappa shape index (κ2) is 5.60. The summed E-state index contributed by atoms with van der Waals surface area (Å²) in [7, 11) is -3.64. The summed E-state index contributed by atoms with van der Waals surface area (Å²) in [6.07, 6.45) is 1.64. The molecule has 3 N–H and O–H groups in total. The first-order chi connectivity index (χ1) is 9.40. The van der Waals surface area contributed by atoms with Gasteiger partial charge in [0, 0.05) is 6.20 Å². The van der Waals surface area contributed by atoms with Crippen LogP contribution in [0.3, 0.4) is 0 Å². The molecule has 2 aromatic rings. The summed E-state index contributed by atoms with van der Waals surface area (Å²) in [5.74, 6) is 0. The van der Waals surface area contributed by atoms with Gasteiger partial charge >= 0.3 is 0 Å². The standard InChI is InChI=1S/C14H17N3O2S/c1-10-5-6-14(12(15)8-10)20(18,19)17-9-13-11(2)4-3-7-16-13/h3-8,17H,9,15H2,1-2H3. The zero-order valence-corrected chi connectivity index (χ0v) is 12.2. The van der Waals surface area contributed by atoms with Crippen molar-refractivity contribution < 1.29 is 8.42 Å². The van der Waals surface area contributed by atoms with E-state index in [0.717, 1.165) is 11.1 Å². The molecule has 0 fully saturated rings. The maximum atomic E-state index is 12.2. The number of pyridine rings is 1. The van der Waals surface area contributed by atoms with E-state index in [1.165, 1.54) is 6.07 Å². The molecule has 20 heavy (non-hydrogen) atoms. The van der Waals surface area contributed by atoms with Crippen LogP contribution >= 0.6 is 0 Å². The molecule has 106 valence electrons. The molecule has 0 spiro atoms. The minimum atomic E-state index is -3.64. The van der Waals surface area contributed by atoms with Crippen LogP contribution in [-0.4, -0.2) is 13.4 Å². The zero-order chi connectivity index (χ0) is 14.8. The van der Waals surface area contributed by atoms with Crippen LogP contribution in [-0.2, 0) is 16.6 Å². The van der Waals surface area contributed by atoms with Gasteiger partial charge in [-0.15, -0.1) is 0 Å². The molecule has 2 rings (SSSR count). The Kier molecular flexibility index (Phi) is 4.06. The first-order valence-corrected chi connectivity index (χ1v) is 7.65. The molecule has 0 aliphatic carbocycles. The van der Waals surface area contributed by atoms with E-state index >= 15 is 0 Å². The number of benzene rings is 1. The Morgan fingerprint density at radius 2 is 2.00 bits per heavy atom. The molecule has 0 aliphatic rings. The van der Waals surface area contributed by atoms with Crippen LogP contribution in [0.2, 0.25) is 0 Å². The molecular weight excluding hydrogens is 274 g/mol. The second-order valence-electron chi connectivity index (χ2n) is 4.63. The highest BCUT2D eigenvalue weighted by Crippen LogP contribution is 2.19. The predicted octanol–water partition coefficient (Wildman–Crippen LogP) is 1.76. The van der Waals surface area contributed by atoms with Gasteiger partial charge in [0.1, 0.15) is 4.90 Å². The average Bonchev–Trinajstić information content (AvgIpc) is 2.37. The number of aromatic nitrogens is 1. The van der Waals surface area contributed by atoms with Crippen LogP contribution in [0.25, 0.3) is 0 Å². The quantitative estimate of drug-likeness (QED) is 0.841. The molecule has 1 heterocycles. The zero-order valence-electron chi connectivity index (χ0n) is 11.4. The van der Waals surface area contributed by atoms with Gasteiger partial charge in [-0.05, 0) is 43.2 Å². The number of rotatable bonds is 4. The molecule has 0 saturated carbocycles. The lowest BCUT2D eigenvalue weighted by molar-refractivity contribution is 0.580. The first kappa shape index (κ1) is 14.5. The van der Waals surface area contributed by atoms with E-state index in [1.54, 1.807) is 18.3 Å². The molecule has 6 heteroatoms. The van der Waals surface area contributed by atoms with E-state index < -0.39 is 10.0 Å². The highest BCUT2D eigenvalue weighted by atomic mass is 32.2. The smallest absolute Gasteiger partial charge is 0.242 e.